The average molecular weight is 482 g/mol. The fraction of sp³-hybridized carbons (Fsp3) is 0.480. The smallest absolute Gasteiger partial charge is 0.261 e. The Morgan fingerprint density at radius 3 is 2.42 bits per heavy atom. The summed E-state index contributed by atoms with van der Waals surface area (Å²) >= 11 is 6.49. The van der Waals surface area contributed by atoms with E-state index < -0.39 is 5.92 Å². The second kappa shape index (κ2) is 11.2. The summed E-state index contributed by atoms with van der Waals surface area (Å²) in [5.74, 6) is -2.10. The van der Waals surface area contributed by atoms with Gasteiger partial charge in [0.1, 0.15) is 6.61 Å². The highest BCUT2D eigenvalue weighted by molar-refractivity contribution is 6.34. The Morgan fingerprint density at radius 2 is 1.82 bits per heavy atom. The van der Waals surface area contributed by atoms with E-state index in [9.17, 15) is 13.6 Å². The first kappa shape index (κ1) is 25.2. The molecule has 1 aliphatic heterocycles. The largest absolute Gasteiger partial charge is 0.491 e. The van der Waals surface area contributed by atoms with Gasteiger partial charge >= 0.3 is 0 Å². The number of alkyl halides is 2. The van der Waals surface area contributed by atoms with E-state index in [1.807, 2.05) is 30.3 Å². The number of nitrogens with zero attached hydrogens (tertiary/aromatic N) is 1. The van der Waals surface area contributed by atoms with Crippen LogP contribution in [0.5, 0.6) is 17.2 Å². The van der Waals surface area contributed by atoms with Gasteiger partial charge in [0.25, 0.3) is 5.92 Å². The molecule has 2 aromatic rings. The van der Waals surface area contributed by atoms with Gasteiger partial charge in [0.05, 0.1) is 30.8 Å². The normalized spacial score (nSPS) is 15.5. The van der Waals surface area contributed by atoms with E-state index in [0.717, 1.165) is 12.8 Å². The highest BCUT2D eigenvalue weighted by Crippen LogP contribution is 2.48. The molecule has 3 rings (SSSR count). The van der Waals surface area contributed by atoms with E-state index in [0.29, 0.717) is 36.6 Å². The lowest BCUT2D eigenvalue weighted by molar-refractivity contribution is 0.0112. The van der Waals surface area contributed by atoms with Crippen LogP contribution >= 0.6 is 11.6 Å². The van der Waals surface area contributed by atoms with Crippen molar-refractivity contribution >= 4 is 17.4 Å². The number of carbonyl (C=O) groups excluding carboxylic acids is 1. The third kappa shape index (κ3) is 6.36. The van der Waals surface area contributed by atoms with Crippen molar-refractivity contribution in [2.75, 3.05) is 40.0 Å². The minimum absolute atomic E-state index is 0.126. The Morgan fingerprint density at radius 1 is 1.12 bits per heavy atom. The van der Waals surface area contributed by atoms with Gasteiger partial charge in [-0.3, -0.25) is 9.69 Å². The SMILES string of the molecule is COc1c(Cl)c(C)c(C(C)=O)c(OCCN2CCC(F)(F)C2)c1OCCCc1ccccc1. The summed E-state index contributed by atoms with van der Waals surface area (Å²) < 4.78 is 44.5. The third-order valence-corrected chi connectivity index (χ3v) is 6.16. The molecule has 180 valence electrons. The number of hydrogen-bond acceptors (Lipinski definition) is 5. The molecular weight excluding hydrogens is 452 g/mol. The predicted octanol–water partition coefficient (Wildman–Crippen LogP) is 5.59. The minimum atomic E-state index is -2.67. The number of hydrogen-bond donors (Lipinski definition) is 0. The summed E-state index contributed by atoms with van der Waals surface area (Å²) in [5, 5.41) is 0.285. The monoisotopic (exact) mass is 481 g/mol. The first-order valence-corrected chi connectivity index (χ1v) is 11.4. The Kier molecular flexibility index (Phi) is 8.54. The molecule has 8 heteroatoms. The summed E-state index contributed by atoms with van der Waals surface area (Å²) in [6.45, 7) is 3.96. The molecule has 0 unspecified atom stereocenters. The average Bonchev–Trinajstić information content (AvgIpc) is 3.13. The Bertz CT molecular complexity index is 969. The van der Waals surface area contributed by atoms with Gasteiger partial charge in [-0.05, 0) is 37.8 Å². The van der Waals surface area contributed by atoms with E-state index in [1.165, 1.54) is 19.6 Å². The molecule has 5 nitrogen and oxygen atoms in total. The molecule has 0 bridgehead atoms. The molecule has 0 radical (unpaired) electrons. The second-order valence-corrected chi connectivity index (χ2v) is 8.61. The number of likely N-dealkylation sites (tertiary alicyclic amines) is 1. The maximum atomic E-state index is 13.5. The Hall–Kier alpha value is -2.38. The Labute approximate surface area is 198 Å². The first-order valence-electron chi connectivity index (χ1n) is 11.0. The van der Waals surface area contributed by atoms with Gasteiger partial charge in [0.15, 0.2) is 17.3 Å². The molecule has 1 aliphatic rings. The number of methoxy groups -OCH3 is 1. The maximum absolute atomic E-state index is 13.5. The van der Waals surface area contributed by atoms with Gasteiger partial charge in [-0.2, -0.15) is 0 Å². The van der Waals surface area contributed by atoms with Gasteiger partial charge in [-0.1, -0.05) is 41.9 Å². The molecule has 0 saturated carbocycles. The van der Waals surface area contributed by atoms with Gasteiger partial charge in [0.2, 0.25) is 5.75 Å². The van der Waals surface area contributed by atoms with Crippen molar-refractivity contribution in [2.45, 2.75) is 39.0 Å². The summed E-state index contributed by atoms with van der Waals surface area (Å²) in [5.41, 5.74) is 2.03. The van der Waals surface area contributed by atoms with Crippen molar-refractivity contribution in [1.29, 1.82) is 0 Å². The van der Waals surface area contributed by atoms with Crippen LogP contribution in [-0.2, 0) is 6.42 Å². The summed E-state index contributed by atoms with van der Waals surface area (Å²) in [6.07, 6.45) is 1.40. The maximum Gasteiger partial charge on any atom is 0.261 e. The summed E-state index contributed by atoms with van der Waals surface area (Å²) in [6, 6.07) is 10.0. The number of halogens is 3. The van der Waals surface area contributed by atoms with E-state index in [1.54, 1.807) is 11.8 Å². The predicted molar refractivity (Wildman–Crippen MR) is 125 cm³/mol. The van der Waals surface area contributed by atoms with E-state index >= 15 is 0 Å². The van der Waals surface area contributed by atoms with Crippen LogP contribution in [0.1, 0.15) is 41.3 Å². The number of ether oxygens (including phenoxy) is 3. The lowest BCUT2D eigenvalue weighted by Crippen LogP contribution is -2.29. The van der Waals surface area contributed by atoms with E-state index in [-0.39, 0.29) is 41.9 Å². The van der Waals surface area contributed by atoms with Crippen molar-refractivity contribution in [3.63, 3.8) is 0 Å². The number of benzene rings is 2. The molecule has 0 amide bonds. The Balaban J connectivity index is 1.78. The molecule has 1 saturated heterocycles. The van der Waals surface area contributed by atoms with Crippen molar-refractivity contribution < 1.29 is 27.8 Å². The van der Waals surface area contributed by atoms with Crippen LogP contribution in [0.15, 0.2) is 30.3 Å². The number of carbonyl (C=O) groups is 1. The first-order chi connectivity index (χ1) is 15.7. The standard InChI is InChI=1S/C25H30ClF2NO4/c1-17-20(18(2)30)22(33-15-13-29-12-11-25(27,28)16-29)24(23(31-3)21(17)26)32-14-7-10-19-8-5-4-6-9-19/h4-6,8-9H,7,10-16H2,1-3H3. The number of ketones is 1. The summed E-state index contributed by atoms with van der Waals surface area (Å²) in [7, 11) is 1.47. The molecule has 0 N–H and O–H groups in total. The van der Waals surface area contributed by atoms with Crippen LogP contribution in [0.4, 0.5) is 8.78 Å². The number of aryl methyl sites for hydroxylation is 1. The van der Waals surface area contributed by atoms with Crippen LogP contribution in [0.3, 0.4) is 0 Å². The molecule has 1 fully saturated rings. The molecule has 0 aliphatic carbocycles. The lowest BCUT2D eigenvalue weighted by atomic mass is 10.0. The molecular formula is C25H30ClF2NO4. The van der Waals surface area contributed by atoms with Crippen LogP contribution in [-0.4, -0.2) is 56.6 Å². The van der Waals surface area contributed by atoms with Crippen molar-refractivity contribution in [3.8, 4) is 17.2 Å². The van der Waals surface area contributed by atoms with Gasteiger partial charge < -0.3 is 14.2 Å². The molecule has 2 aromatic carbocycles. The quantitative estimate of drug-likeness (QED) is 0.309. The zero-order valence-corrected chi connectivity index (χ0v) is 20.0. The van der Waals surface area contributed by atoms with Crippen LogP contribution < -0.4 is 14.2 Å². The zero-order chi connectivity index (χ0) is 24.0. The highest BCUT2D eigenvalue weighted by Gasteiger charge is 2.38. The molecule has 0 atom stereocenters. The van der Waals surface area contributed by atoms with Gasteiger partial charge in [-0.25, -0.2) is 8.78 Å². The number of Topliss-reactive ketones (excluding diaryl/α,β-unsaturated/α-hetero) is 1. The zero-order valence-electron chi connectivity index (χ0n) is 19.3. The van der Waals surface area contributed by atoms with Crippen molar-refractivity contribution in [2.24, 2.45) is 0 Å². The third-order valence-electron chi connectivity index (χ3n) is 5.70. The van der Waals surface area contributed by atoms with E-state index in [4.69, 9.17) is 25.8 Å². The topological polar surface area (TPSA) is 48.0 Å². The molecule has 0 spiro atoms. The minimum Gasteiger partial charge on any atom is -0.491 e. The van der Waals surface area contributed by atoms with Crippen LogP contribution in [0.2, 0.25) is 5.02 Å². The molecule has 0 aromatic heterocycles. The fourth-order valence-corrected chi connectivity index (χ4v) is 4.27. The molecule has 1 heterocycles. The van der Waals surface area contributed by atoms with Crippen LogP contribution in [0, 0.1) is 6.92 Å². The molecule has 33 heavy (non-hydrogen) atoms. The lowest BCUT2D eigenvalue weighted by Gasteiger charge is -2.22. The number of rotatable bonds is 11. The van der Waals surface area contributed by atoms with Gasteiger partial charge in [0, 0.05) is 19.5 Å². The highest BCUT2D eigenvalue weighted by atomic mass is 35.5. The second-order valence-electron chi connectivity index (χ2n) is 8.23. The summed E-state index contributed by atoms with van der Waals surface area (Å²) in [4.78, 5) is 14.1. The van der Waals surface area contributed by atoms with Crippen molar-refractivity contribution in [3.05, 3.63) is 52.0 Å². The van der Waals surface area contributed by atoms with Gasteiger partial charge in [-0.15, -0.1) is 0 Å². The fourth-order valence-electron chi connectivity index (χ4n) is 4.01. The van der Waals surface area contributed by atoms with Crippen molar-refractivity contribution in [1.82, 2.24) is 4.90 Å². The van der Waals surface area contributed by atoms with E-state index in [2.05, 4.69) is 0 Å². The van der Waals surface area contributed by atoms with Crippen LogP contribution in [0.25, 0.3) is 0 Å².